The van der Waals surface area contributed by atoms with Crippen molar-refractivity contribution in [3.63, 3.8) is 0 Å². The van der Waals surface area contributed by atoms with Crippen LogP contribution >= 0.6 is 0 Å². The summed E-state index contributed by atoms with van der Waals surface area (Å²) in [5.74, 6) is 0. The summed E-state index contributed by atoms with van der Waals surface area (Å²) in [6, 6.07) is 37.9. The number of aromatic nitrogens is 1. The number of benzene rings is 6. The number of hydrogen-bond acceptors (Lipinski definition) is 3. The van der Waals surface area contributed by atoms with E-state index in [2.05, 4.69) is 142 Å². The fourth-order valence-electron chi connectivity index (χ4n) is 9.69. The van der Waals surface area contributed by atoms with E-state index < -0.39 is 0 Å². The average Bonchev–Trinajstić information content (AvgIpc) is 3.81. The van der Waals surface area contributed by atoms with Gasteiger partial charge in [-0.1, -0.05) is 87.8 Å². The Morgan fingerprint density at radius 1 is 0.585 bits per heavy atom. The van der Waals surface area contributed by atoms with Crippen LogP contribution in [0.2, 0.25) is 0 Å². The second kappa shape index (κ2) is 10.5. The molecule has 4 heterocycles. The van der Waals surface area contributed by atoms with Gasteiger partial charge >= 0.3 is 0 Å². The molecule has 53 heavy (non-hydrogen) atoms. The smallest absolute Gasteiger partial charge is 0.198 e. The van der Waals surface area contributed by atoms with Crippen molar-refractivity contribution >= 4 is 90.2 Å². The molecule has 6 aromatic carbocycles. The lowest BCUT2D eigenvalue weighted by atomic mass is 9.57. The Hall–Kier alpha value is -5.68. The minimum absolute atomic E-state index is 0.0849. The van der Waals surface area contributed by atoms with Gasteiger partial charge in [-0.3, -0.25) is 0 Å². The maximum Gasteiger partial charge on any atom is 0.198 e. The zero-order chi connectivity index (χ0) is 36.0. The number of H-pyrrole nitrogens is 1. The molecule has 4 nitrogen and oxygen atoms in total. The van der Waals surface area contributed by atoms with E-state index in [9.17, 15) is 0 Å². The maximum absolute atomic E-state index is 6.51. The molecule has 0 amide bonds. The molecule has 1 N–H and O–H groups in total. The molecule has 5 heteroatoms. The van der Waals surface area contributed by atoms with Crippen LogP contribution in [0.15, 0.2) is 112 Å². The molecule has 0 atom stereocenters. The fourth-order valence-corrected chi connectivity index (χ4v) is 9.69. The largest absolute Gasteiger partial charge is 0.456 e. The zero-order valence-electron chi connectivity index (χ0n) is 31.2. The van der Waals surface area contributed by atoms with Gasteiger partial charge in [0.15, 0.2) is 12.9 Å². The fraction of sp³-hybridized carbons (Fsp3) is 0.208. The van der Waals surface area contributed by atoms with Crippen molar-refractivity contribution in [3.05, 3.63) is 125 Å². The maximum atomic E-state index is 6.51. The lowest BCUT2D eigenvalue weighted by molar-refractivity contribution is 0.332. The molecule has 258 valence electrons. The zero-order valence-corrected chi connectivity index (χ0v) is 31.2. The number of hydrogen-bond donors (Lipinski definition) is 1. The third-order valence-electron chi connectivity index (χ3n) is 12.7. The molecule has 11 rings (SSSR count). The molecule has 0 saturated heterocycles. The normalized spacial score (nSPS) is 16.0. The highest BCUT2D eigenvalue weighted by atomic mass is 16.3. The second-order valence-corrected chi connectivity index (χ2v) is 17.0. The third kappa shape index (κ3) is 4.31. The van der Waals surface area contributed by atoms with Crippen LogP contribution in [0.3, 0.4) is 0 Å². The number of furan rings is 2. The number of para-hydroxylation sites is 3. The lowest BCUT2D eigenvalue weighted by Crippen LogP contribution is -2.41. The van der Waals surface area contributed by atoms with Crippen molar-refractivity contribution in [2.24, 2.45) is 0 Å². The molecule has 0 spiro atoms. The Kier molecular flexibility index (Phi) is 6.11. The summed E-state index contributed by atoms with van der Waals surface area (Å²) in [5.41, 5.74) is 20.3. The summed E-state index contributed by atoms with van der Waals surface area (Å²) >= 11 is 0. The van der Waals surface area contributed by atoms with Gasteiger partial charge in [0.05, 0.1) is 11.0 Å². The topological polar surface area (TPSA) is 45.3 Å². The van der Waals surface area contributed by atoms with Gasteiger partial charge < -0.3 is 18.7 Å². The van der Waals surface area contributed by atoms with Gasteiger partial charge in [0.25, 0.3) is 0 Å². The summed E-state index contributed by atoms with van der Waals surface area (Å²) in [6.07, 6.45) is 2.37. The van der Waals surface area contributed by atoms with Gasteiger partial charge in [0.2, 0.25) is 0 Å². The average molecular weight is 689 g/mol. The molecule has 2 aliphatic rings. The minimum atomic E-state index is 0.0849. The van der Waals surface area contributed by atoms with Crippen molar-refractivity contribution in [2.45, 2.75) is 65.2 Å². The number of fused-ring (bicyclic) bond motifs is 11. The van der Waals surface area contributed by atoms with Gasteiger partial charge in [-0.2, -0.15) is 0 Å². The van der Waals surface area contributed by atoms with Crippen LogP contribution in [0, 0.1) is 13.8 Å². The lowest BCUT2D eigenvalue weighted by Gasteiger charge is -2.43. The highest BCUT2D eigenvalue weighted by Crippen LogP contribution is 2.50. The number of aryl methyl sites for hydroxylation is 2. The predicted molar refractivity (Wildman–Crippen MR) is 224 cm³/mol. The number of nitrogens with one attached hydrogen (secondary N) is 1. The van der Waals surface area contributed by atoms with Gasteiger partial charge in [-0.25, -0.2) is 0 Å². The first-order chi connectivity index (χ1) is 25.6. The highest BCUT2D eigenvalue weighted by Gasteiger charge is 2.39. The molecular weight excluding hydrogens is 647 g/mol. The first kappa shape index (κ1) is 30.9. The van der Waals surface area contributed by atoms with Crippen LogP contribution < -0.4 is 15.8 Å². The summed E-state index contributed by atoms with van der Waals surface area (Å²) in [7, 11) is 0.794. The summed E-state index contributed by atoms with van der Waals surface area (Å²) in [5, 5.41) is 4.53. The van der Waals surface area contributed by atoms with E-state index in [1.54, 1.807) is 0 Å². The van der Waals surface area contributed by atoms with Crippen molar-refractivity contribution in [1.29, 1.82) is 0 Å². The standard InChI is InChI=1S/C48H41BN2O2/c1-26-20-33(29-14-11-15-31-44(29)50-45-30-13-8-10-17-41(30)53-46(31)45)43-39(21-26)51(37-24-35-34(22-27(37)2)47(3,4)18-19-48(35,5)6)38-23-32-28-12-7-9-16-40(28)52-42(32)25-36(38)49-43/h7-17,20-25,49-50H,18-19H2,1-6H3. The summed E-state index contributed by atoms with van der Waals surface area (Å²) in [4.78, 5) is 6.41. The molecule has 0 radical (unpaired) electrons. The van der Waals surface area contributed by atoms with Crippen LogP contribution in [0.1, 0.15) is 62.8 Å². The van der Waals surface area contributed by atoms with Gasteiger partial charge in [-0.05, 0) is 119 Å². The Morgan fingerprint density at radius 2 is 1.28 bits per heavy atom. The van der Waals surface area contributed by atoms with Gasteiger partial charge in [0, 0.05) is 44.2 Å². The van der Waals surface area contributed by atoms with Gasteiger partial charge in [-0.15, -0.1) is 0 Å². The molecule has 0 bridgehead atoms. The van der Waals surface area contributed by atoms with Crippen LogP contribution in [-0.4, -0.2) is 12.3 Å². The first-order valence-electron chi connectivity index (χ1n) is 19.0. The third-order valence-corrected chi connectivity index (χ3v) is 12.7. The van der Waals surface area contributed by atoms with Crippen LogP contribution in [0.25, 0.3) is 66.0 Å². The molecule has 0 fully saturated rings. The Balaban J connectivity index is 1.21. The molecule has 0 unspecified atom stereocenters. The van der Waals surface area contributed by atoms with Crippen LogP contribution in [0.5, 0.6) is 0 Å². The number of rotatable bonds is 2. The predicted octanol–water partition coefficient (Wildman–Crippen LogP) is 11.8. The number of nitrogens with zero attached hydrogens (tertiary/aromatic N) is 1. The van der Waals surface area contributed by atoms with E-state index in [0.29, 0.717) is 0 Å². The van der Waals surface area contributed by atoms with E-state index in [-0.39, 0.29) is 10.8 Å². The summed E-state index contributed by atoms with van der Waals surface area (Å²) in [6.45, 7) is 14.2. The first-order valence-corrected chi connectivity index (χ1v) is 19.0. The summed E-state index contributed by atoms with van der Waals surface area (Å²) < 4.78 is 13.0. The molecule has 1 aliphatic carbocycles. The highest BCUT2D eigenvalue weighted by molar-refractivity contribution is 6.73. The SMILES string of the molecule is Cc1cc(-c2cccc3c2[nH]c2c4ccccc4oc32)c2c(c1)N(c1cc3c(cc1C)C(C)(C)CCC3(C)C)c1cc3c(cc1B2)oc1ccccc13. The Bertz CT molecular complexity index is 3030. The second-order valence-electron chi connectivity index (χ2n) is 17.0. The molecular formula is C48H41BN2O2. The minimum Gasteiger partial charge on any atom is -0.456 e. The number of anilines is 3. The molecule has 9 aromatic rings. The van der Waals surface area contributed by atoms with Crippen molar-refractivity contribution in [2.75, 3.05) is 4.90 Å². The number of aromatic amines is 1. The molecule has 3 aromatic heterocycles. The van der Waals surface area contributed by atoms with Crippen LogP contribution in [-0.2, 0) is 10.8 Å². The molecule has 0 saturated carbocycles. The molecule has 1 aliphatic heterocycles. The van der Waals surface area contributed by atoms with E-state index in [4.69, 9.17) is 8.83 Å². The van der Waals surface area contributed by atoms with E-state index in [0.717, 1.165) is 62.2 Å². The van der Waals surface area contributed by atoms with Crippen molar-refractivity contribution < 1.29 is 8.83 Å². The Labute approximate surface area is 309 Å². The van der Waals surface area contributed by atoms with Crippen molar-refractivity contribution in [3.8, 4) is 11.1 Å². The van der Waals surface area contributed by atoms with Crippen LogP contribution in [0.4, 0.5) is 17.1 Å². The quantitative estimate of drug-likeness (QED) is 0.184. The van der Waals surface area contributed by atoms with Crippen molar-refractivity contribution in [1.82, 2.24) is 4.98 Å². The van der Waals surface area contributed by atoms with E-state index in [1.807, 2.05) is 12.1 Å². The van der Waals surface area contributed by atoms with Gasteiger partial charge in [0.1, 0.15) is 16.7 Å². The Morgan fingerprint density at radius 3 is 2.08 bits per heavy atom. The van der Waals surface area contributed by atoms with E-state index in [1.165, 1.54) is 74.2 Å². The van der Waals surface area contributed by atoms with E-state index >= 15 is 0 Å². The monoisotopic (exact) mass is 688 g/mol.